The fraction of sp³-hybridized carbons (Fsp3) is 0.571. The summed E-state index contributed by atoms with van der Waals surface area (Å²) in [5.41, 5.74) is 1.26. The monoisotopic (exact) mass is 317 g/mol. The van der Waals surface area contributed by atoms with Crippen molar-refractivity contribution in [2.75, 3.05) is 0 Å². The topological polar surface area (TPSA) is 12.0 Å². The third-order valence-corrected chi connectivity index (χ3v) is 3.87. The predicted octanol–water partition coefficient (Wildman–Crippen LogP) is 5.16. The molecule has 1 atom stereocenters. The number of rotatable bonds is 7. The van der Waals surface area contributed by atoms with Gasteiger partial charge in [0.05, 0.1) is 0 Å². The minimum absolute atomic E-state index is 0.573. The van der Waals surface area contributed by atoms with E-state index in [0.29, 0.717) is 6.04 Å². The van der Waals surface area contributed by atoms with Gasteiger partial charge in [-0.3, -0.25) is 0 Å². The lowest BCUT2D eigenvalue weighted by Gasteiger charge is -2.14. The van der Waals surface area contributed by atoms with Crippen LogP contribution in [0.25, 0.3) is 0 Å². The maximum atomic E-state index is 5.91. The molecule has 1 nitrogen and oxygen atoms in total. The average molecular weight is 319 g/mol. The van der Waals surface area contributed by atoms with Crippen LogP contribution in [0.15, 0.2) is 22.7 Å². The summed E-state index contributed by atoms with van der Waals surface area (Å²) >= 11 is 9.45. The van der Waals surface area contributed by atoms with Crippen molar-refractivity contribution in [1.29, 1.82) is 0 Å². The van der Waals surface area contributed by atoms with Gasteiger partial charge in [-0.25, -0.2) is 0 Å². The summed E-state index contributed by atoms with van der Waals surface area (Å²) < 4.78 is 1.08. The van der Waals surface area contributed by atoms with Crippen LogP contribution >= 0.6 is 27.5 Å². The molecule has 96 valence electrons. The third-order valence-electron chi connectivity index (χ3n) is 2.90. The molecule has 0 bridgehead atoms. The quantitative estimate of drug-likeness (QED) is 0.685. The summed E-state index contributed by atoms with van der Waals surface area (Å²) in [7, 11) is 0. The number of unbranched alkanes of at least 4 members (excludes halogenated alkanes) is 2. The zero-order valence-electron chi connectivity index (χ0n) is 10.6. The Morgan fingerprint density at radius 2 is 2.12 bits per heavy atom. The number of halogens is 2. The van der Waals surface area contributed by atoms with Crippen molar-refractivity contribution in [2.45, 2.75) is 52.1 Å². The van der Waals surface area contributed by atoms with Gasteiger partial charge in [0.25, 0.3) is 0 Å². The van der Waals surface area contributed by atoms with Gasteiger partial charge in [0, 0.05) is 22.1 Å². The molecule has 17 heavy (non-hydrogen) atoms. The second-order valence-corrected chi connectivity index (χ2v) is 5.80. The van der Waals surface area contributed by atoms with Gasteiger partial charge in [0.15, 0.2) is 0 Å². The highest BCUT2D eigenvalue weighted by Crippen LogP contribution is 2.21. The van der Waals surface area contributed by atoms with E-state index in [-0.39, 0.29) is 0 Å². The van der Waals surface area contributed by atoms with Crippen LogP contribution in [0.3, 0.4) is 0 Å². The first kappa shape index (κ1) is 15.0. The van der Waals surface area contributed by atoms with Crippen LogP contribution in [-0.4, -0.2) is 6.04 Å². The summed E-state index contributed by atoms with van der Waals surface area (Å²) in [6, 6.07) is 6.52. The average Bonchev–Trinajstić information content (AvgIpc) is 2.28. The molecule has 0 saturated carbocycles. The summed E-state index contributed by atoms with van der Waals surface area (Å²) in [6.45, 7) is 5.38. The smallest absolute Gasteiger partial charge is 0.0417 e. The molecule has 0 spiro atoms. The number of hydrogen-bond donors (Lipinski definition) is 1. The van der Waals surface area contributed by atoms with Crippen molar-refractivity contribution in [1.82, 2.24) is 5.32 Å². The molecule has 1 rings (SSSR count). The Labute approximate surface area is 118 Å². The van der Waals surface area contributed by atoms with Crippen LogP contribution in [0.4, 0.5) is 0 Å². The van der Waals surface area contributed by atoms with Gasteiger partial charge in [0.2, 0.25) is 0 Å². The molecular weight excluding hydrogens is 298 g/mol. The van der Waals surface area contributed by atoms with Crippen LogP contribution in [0.5, 0.6) is 0 Å². The van der Waals surface area contributed by atoms with E-state index in [2.05, 4.69) is 41.2 Å². The van der Waals surface area contributed by atoms with Gasteiger partial charge in [-0.1, -0.05) is 59.8 Å². The first-order valence-corrected chi connectivity index (χ1v) is 7.48. The highest BCUT2D eigenvalue weighted by atomic mass is 79.9. The Kier molecular flexibility index (Phi) is 7.17. The highest BCUT2D eigenvalue weighted by molar-refractivity contribution is 9.10. The lowest BCUT2D eigenvalue weighted by molar-refractivity contribution is 0.487. The maximum absolute atomic E-state index is 5.91. The fourth-order valence-corrected chi connectivity index (χ4v) is 2.57. The predicted molar refractivity (Wildman–Crippen MR) is 79.6 cm³/mol. The van der Waals surface area contributed by atoms with Gasteiger partial charge in [-0.2, -0.15) is 0 Å². The molecule has 1 aromatic rings. The molecular formula is C14H21BrClN. The van der Waals surface area contributed by atoms with E-state index in [1.165, 1.54) is 31.2 Å². The van der Waals surface area contributed by atoms with Crippen molar-refractivity contribution in [3.63, 3.8) is 0 Å². The molecule has 0 saturated heterocycles. The molecule has 0 aromatic heterocycles. The molecule has 0 radical (unpaired) electrons. The SMILES string of the molecule is CCCCCC(C)NCc1ccc(Cl)cc1Br. The Morgan fingerprint density at radius 1 is 1.35 bits per heavy atom. The zero-order valence-corrected chi connectivity index (χ0v) is 12.9. The van der Waals surface area contributed by atoms with Gasteiger partial charge >= 0.3 is 0 Å². The van der Waals surface area contributed by atoms with Crippen LogP contribution in [0.2, 0.25) is 5.02 Å². The Hall–Kier alpha value is -0.0500. The van der Waals surface area contributed by atoms with Crippen molar-refractivity contribution >= 4 is 27.5 Å². The van der Waals surface area contributed by atoms with E-state index >= 15 is 0 Å². The van der Waals surface area contributed by atoms with E-state index in [4.69, 9.17) is 11.6 Å². The summed E-state index contributed by atoms with van der Waals surface area (Å²) in [4.78, 5) is 0. The van der Waals surface area contributed by atoms with Gasteiger partial charge < -0.3 is 5.32 Å². The third kappa shape index (κ3) is 5.89. The standard InChI is InChI=1S/C14H21BrClN/c1-3-4-5-6-11(2)17-10-12-7-8-13(16)9-14(12)15/h7-9,11,17H,3-6,10H2,1-2H3. The van der Waals surface area contributed by atoms with E-state index in [1.807, 2.05) is 12.1 Å². The van der Waals surface area contributed by atoms with Gasteiger partial charge in [-0.15, -0.1) is 0 Å². The molecule has 1 N–H and O–H groups in total. The summed E-state index contributed by atoms with van der Waals surface area (Å²) in [6.07, 6.45) is 5.18. The number of benzene rings is 1. The van der Waals surface area contributed by atoms with Crippen LogP contribution in [-0.2, 0) is 6.54 Å². The number of nitrogens with one attached hydrogen (secondary N) is 1. The molecule has 0 aliphatic heterocycles. The Balaban J connectivity index is 2.34. The zero-order chi connectivity index (χ0) is 12.7. The normalized spacial score (nSPS) is 12.7. The lowest BCUT2D eigenvalue weighted by Crippen LogP contribution is -2.25. The second kappa shape index (κ2) is 8.12. The Morgan fingerprint density at radius 3 is 2.76 bits per heavy atom. The van der Waals surface area contributed by atoms with E-state index < -0.39 is 0 Å². The fourth-order valence-electron chi connectivity index (χ4n) is 1.75. The molecule has 0 aliphatic carbocycles. The molecule has 0 amide bonds. The van der Waals surface area contributed by atoms with Crippen molar-refractivity contribution < 1.29 is 0 Å². The van der Waals surface area contributed by atoms with E-state index in [9.17, 15) is 0 Å². The van der Waals surface area contributed by atoms with E-state index in [0.717, 1.165) is 16.0 Å². The van der Waals surface area contributed by atoms with Crippen molar-refractivity contribution in [3.8, 4) is 0 Å². The lowest BCUT2D eigenvalue weighted by atomic mass is 10.1. The van der Waals surface area contributed by atoms with Crippen molar-refractivity contribution in [3.05, 3.63) is 33.3 Å². The van der Waals surface area contributed by atoms with Gasteiger partial charge in [-0.05, 0) is 31.0 Å². The molecule has 3 heteroatoms. The van der Waals surface area contributed by atoms with E-state index in [1.54, 1.807) is 0 Å². The molecule has 0 fully saturated rings. The number of hydrogen-bond acceptors (Lipinski definition) is 1. The molecule has 1 aromatic carbocycles. The Bertz CT molecular complexity index is 341. The van der Waals surface area contributed by atoms with Crippen LogP contribution < -0.4 is 5.32 Å². The second-order valence-electron chi connectivity index (χ2n) is 4.51. The van der Waals surface area contributed by atoms with Gasteiger partial charge in [0.1, 0.15) is 0 Å². The molecule has 0 heterocycles. The van der Waals surface area contributed by atoms with Crippen LogP contribution in [0.1, 0.15) is 45.1 Å². The highest BCUT2D eigenvalue weighted by Gasteiger charge is 2.04. The minimum atomic E-state index is 0.573. The first-order chi connectivity index (χ1) is 8.13. The minimum Gasteiger partial charge on any atom is -0.310 e. The first-order valence-electron chi connectivity index (χ1n) is 6.30. The molecule has 1 unspecified atom stereocenters. The van der Waals surface area contributed by atoms with Crippen LogP contribution in [0, 0.1) is 0 Å². The summed E-state index contributed by atoms with van der Waals surface area (Å²) in [5, 5.41) is 4.32. The van der Waals surface area contributed by atoms with Crippen molar-refractivity contribution in [2.24, 2.45) is 0 Å². The maximum Gasteiger partial charge on any atom is 0.0417 e. The molecule has 0 aliphatic rings. The largest absolute Gasteiger partial charge is 0.310 e. The summed E-state index contributed by atoms with van der Waals surface area (Å²) in [5.74, 6) is 0.